The van der Waals surface area contributed by atoms with E-state index in [1.165, 1.54) is 20.9 Å². The molecule has 0 atom stereocenters. The van der Waals surface area contributed by atoms with Crippen molar-refractivity contribution in [3.8, 4) is 0 Å². The normalized spacial score (nSPS) is 12.0. The molecule has 0 aliphatic heterocycles. The Balaban J connectivity index is 2.53. The van der Waals surface area contributed by atoms with Gasteiger partial charge in [0.1, 0.15) is 0 Å². The van der Waals surface area contributed by atoms with Crippen LogP contribution in [0.2, 0.25) is 0 Å². The summed E-state index contributed by atoms with van der Waals surface area (Å²) in [4.78, 5) is 2.99. The van der Waals surface area contributed by atoms with Gasteiger partial charge in [0.2, 0.25) is 0 Å². The summed E-state index contributed by atoms with van der Waals surface area (Å²) >= 11 is 3.74. The summed E-state index contributed by atoms with van der Waals surface area (Å²) in [6.45, 7) is 9.06. The number of hydrogen-bond donors (Lipinski definition) is 0. The van der Waals surface area contributed by atoms with Gasteiger partial charge < -0.3 is 0 Å². The Hall–Kier alpha value is -0.600. The predicted molar refractivity (Wildman–Crippen MR) is 70.2 cm³/mol. The van der Waals surface area contributed by atoms with Crippen LogP contribution in [0.25, 0.3) is 0 Å². The first kappa shape index (κ1) is 10.9. The Morgan fingerprint density at radius 2 is 1.27 bits per heavy atom. The number of aryl methyl sites for hydroxylation is 2. The third-order valence-electron chi connectivity index (χ3n) is 2.86. The fourth-order valence-corrected chi connectivity index (χ4v) is 4.31. The maximum Gasteiger partial charge on any atom is 0.0339 e. The van der Waals surface area contributed by atoms with E-state index in [9.17, 15) is 0 Å². The van der Waals surface area contributed by atoms with Crippen molar-refractivity contribution in [2.45, 2.75) is 33.1 Å². The van der Waals surface area contributed by atoms with Crippen LogP contribution < -0.4 is 0 Å². The van der Waals surface area contributed by atoms with Crippen LogP contribution in [0.5, 0.6) is 0 Å². The molecule has 2 heteroatoms. The van der Waals surface area contributed by atoms with Crippen molar-refractivity contribution in [3.63, 3.8) is 0 Å². The molecule has 0 radical (unpaired) electrons. The maximum absolute atomic E-state index is 2.32. The van der Waals surface area contributed by atoms with Crippen molar-refractivity contribution in [2.24, 2.45) is 0 Å². The molecular weight excluding hydrogens is 220 g/mol. The van der Waals surface area contributed by atoms with Crippen molar-refractivity contribution < 1.29 is 0 Å². The molecule has 0 nitrogen and oxygen atoms in total. The molecule has 0 aliphatic rings. The predicted octanol–water partition coefficient (Wildman–Crippen LogP) is 4.75. The Kier molecular flexibility index (Phi) is 2.73. The first-order chi connectivity index (χ1) is 7.03. The molecule has 0 N–H and O–H groups in total. The highest BCUT2D eigenvalue weighted by Gasteiger charge is 2.28. The molecule has 80 valence electrons. The van der Waals surface area contributed by atoms with E-state index in [1.807, 2.05) is 22.7 Å². The largest absolute Gasteiger partial charge is 0.148 e. The van der Waals surface area contributed by atoms with Crippen LogP contribution in [0, 0.1) is 13.8 Å². The number of thiophene rings is 2. The molecule has 2 aromatic rings. The molecule has 2 heterocycles. The zero-order valence-electron chi connectivity index (χ0n) is 9.63. The van der Waals surface area contributed by atoms with Crippen LogP contribution in [-0.2, 0) is 5.41 Å². The summed E-state index contributed by atoms with van der Waals surface area (Å²) in [6.07, 6.45) is 0. The average molecular weight is 236 g/mol. The van der Waals surface area contributed by atoms with Crippen LogP contribution in [0.4, 0.5) is 0 Å². The lowest BCUT2D eigenvalue weighted by molar-refractivity contribution is 0.662. The van der Waals surface area contributed by atoms with E-state index in [1.54, 1.807) is 0 Å². The van der Waals surface area contributed by atoms with E-state index in [0.717, 1.165) is 0 Å². The van der Waals surface area contributed by atoms with Gasteiger partial charge in [0.15, 0.2) is 0 Å². The molecule has 0 bridgehead atoms. The molecule has 2 rings (SSSR count). The van der Waals surface area contributed by atoms with Crippen LogP contribution >= 0.6 is 22.7 Å². The van der Waals surface area contributed by atoms with Crippen molar-refractivity contribution in [1.82, 2.24) is 0 Å². The van der Waals surface area contributed by atoms with Gasteiger partial charge in [-0.2, -0.15) is 0 Å². The molecule has 0 spiro atoms. The third kappa shape index (κ3) is 1.77. The minimum Gasteiger partial charge on any atom is -0.148 e. The monoisotopic (exact) mass is 236 g/mol. The van der Waals surface area contributed by atoms with Crippen molar-refractivity contribution in [2.75, 3.05) is 0 Å². The standard InChI is InChI=1S/C13H16S2/c1-9-5-7-14-11(9)13(3,4)12-10(2)6-8-15-12/h5-8H,1-4H3. The van der Waals surface area contributed by atoms with Gasteiger partial charge >= 0.3 is 0 Å². The lowest BCUT2D eigenvalue weighted by Gasteiger charge is -2.24. The zero-order valence-corrected chi connectivity index (χ0v) is 11.3. The van der Waals surface area contributed by atoms with Crippen LogP contribution in [-0.4, -0.2) is 0 Å². The molecular formula is C13H16S2. The second-order valence-electron chi connectivity index (χ2n) is 4.49. The SMILES string of the molecule is Cc1ccsc1C(C)(C)c1sccc1C. The molecule has 15 heavy (non-hydrogen) atoms. The molecule has 2 aromatic heterocycles. The van der Waals surface area contributed by atoms with E-state index in [0.29, 0.717) is 0 Å². The molecule has 0 unspecified atom stereocenters. The fraction of sp³-hybridized carbons (Fsp3) is 0.385. The van der Waals surface area contributed by atoms with E-state index in [4.69, 9.17) is 0 Å². The number of hydrogen-bond acceptors (Lipinski definition) is 2. The molecule has 0 fully saturated rings. The lowest BCUT2D eigenvalue weighted by atomic mass is 9.86. The minimum absolute atomic E-state index is 0.163. The van der Waals surface area contributed by atoms with Gasteiger partial charge in [-0.15, -0.1) is 22.7 Å². The van der Waals surface area contributed by atoms with Crippen molar-refractivity contribution in [1.29, 1.82) is 0 Å². The molecule has 0 saturated carbocycles. The van der Waals surface area contributed by atoms with E-state index >= 15 is 0 Å². The summed E-state index contributed by atoms with van der Waals surface area (Å²) in [5.41, 5.74) is 2.99. The quantitative estimate of drug-likeness (QED) is 0.705. The third-order valence-corrected chi connectivity index (χ3v) is 5.54. The molecule has 0 aliphatic carbocycles. The van der Waals surface area contributed by atoms with Gasteiger partial charge in [0, 0.05) is 15.2 Å². The molecule has 0 amide bonds. The van der Waals surface area contributed by atoms with Gasteiger partial charge in [-0.25, -0.2) is 0 Å². The second kappa shape index (κ2) is 3.76. The van der Waals surface area contributed by atoms with E-state index in [2.05, 4.69) is 50.6 Å². The highest BCUT2D eigenvalue weighted by atomic mass is 32.1. The summed E-state index contributed by atoms with van der Waals surface area (Å²) in [7, 11) is 0. The first-order valence-electron chi connectivity index (χ1n) is 5.12. The summed E-state index contributed by atoms with van der Waals surface area (Å²) < 4.78 is 0. The highest BCUT2D eigenvalue weighted by Crippen LogP contribution is 2.40. The van der Waals surface area contributed by atoms with Crippen LogP contribution in [0.3, 0.4) is 0 Å². The van der Waals surface area contributed by atoms with Gasteiger partial charge in [-0.3, -0.25) is 0 Å². The number of rotatable bonds is 2. The fourth-order valence-electron chi connectivity index (χ4n) is 2.13. The summed E-state index contributed by atoms with van der Waals surface area (Å²) in [5, 5.41) is 4.38. The smallest absolute Gasteiger partial charge is 0.0339 e. The van der Waals surface area contributed by atoms with Crippen LogP contribution in [0.15, 0.2) is 22.9 Å². The van der Waals surface area contributed by atoms with Gasteiger partial charge in [-0.1, -0.05) is 13.8 Å². The van der Waals surface area contributed by atoms with Gasteiger partial charge in [-0.05, 0) is 47.9 Å². The Bertz CT molecular complexity index is 418. The van der Waals surface area contributed by atoms with Gasteiger partial charge in [0.05, 0.1) is 0 Å². The van der Waals surface area contributed by atoms with E-state index < -0.39 is 0 Å². The summed E-state index contributed by atoms with van der Waals surface area (Å²) in [6, 6.07) is 4.43. The topological polar surface area (TPSA) is 0 Å². The lowest BCUT2D eigenvalue weighted by Crippen LogP contribution is -2.17. The van der Waals surface area contributed by atoms with Crippen molar-refractivity contribution in [3.05, 3.63) is 43.8 Å². The average Bonchev–Trinajstić information content (AvgIpc) is 2.73. The van der Waals surface area contributed by atoms with Crippen LogP contribution in [0.1, 0.15) is 34.7 Å². The summed E-state index contributed by atoms with van der Waals surface area (Å²) in [5.74, 6) is 0. The molecule has 0 aromatic carbocycles. The zero-order chi connectivity index (χ0) is 11.1. The van der Waals surface area contributed by atoms with Crippen molar-refractivity contribution >= 4 is 22.7 Å². The Morgan fingerprint density at radius 1 is 0.867 bits per heavy atom. The first-order valence-corrected chi connectivity index (χ1v) is 6.88. The highest BCUT2D eigenvalue weighted by molar-refractivity contribution is 7.12. The molecule has 0 saturated heterocycles. The Labute approximate surface area is 99.6 Å². The van der Waals surface area contributed by atoms with E-state index in [-0.39, 0.29) is 5.41 Å². The minimum atomic E-state index is 0.163. The van der Waals surface area contributed by atoms with Gasteiger partial charge in [0.25, 0.3) is 0 Å². The Morgan fingerprint density at radius 3 is 1.53 bits per heavy atom. The maximum atomic E-state index is 2.32. The second-order valence-corrected chi connectivity index (χ2v) is 6.32.